The van der Waals surface area contributed by atoms with Gasteiger partial charge in [0.2, 0.25) is 0 Å². The monoisotopic (exact) mass is 263 g/mol. The first-order valence-corrected chi connectivity index (χ1v) is 3.77. The van der Waals surface area contributed by atoms with Crippen LogP contribution < -0.4 is 34.5 Å². The molecule has 0 saturated heterocycles. The standard InChI is InChI=1S/C4H2N11.Na.2H2O/c1-5-10-12-14(1)3-7-4(9-8-3)15-2-6-11-13-15;;;/h1-2H;;2*1H2/q-1;+1;;. The van der Waals surface area contributed by atoms with E-state index in [4.69, 9.17) is 0 Å². The van der Waals surface area contributed by atoms with Crippen LogP contribution in [0.25, 0.3) is 11.9 Å². The molecule has 0 saturated carbocycles. The van der Waals surface area contributed by atoms with Gasteiger partial charge in [0, 0.05) is 0 Å². The molecule has 4 N–H and O–H groups in total. The minimum atomic E-state index is 0. The van der Waals surface area contributed by atoms with E-state index >= 15 is 0 Å². The minimum Gasteiger partial charge on any atom is -0.412 e. The molecule has 3 rings (SSSR count). The Morgan fingerprint density at radius 3 is 1.61 bits per heavy atom. The smallest absolute Gasteiger partial charge is 0.412 e. The summed E-state index contributed by atoms with van der Waals surface area (Å²) in [5.41, 5.74) is 0. The molecule has 0 atom stereocenters. The second-order valence-corrected chi connectivity index (χ2v) is 2.42. The van der Waals surface area contributed by atoms with Crippen LogP contribution in [0.1, 0.15) is 0 Å². The van der Waals surface area contributed by atoms with Gasteiger partial charge >= 0.3 is 29.6 Å². The second-order valence-electron chi connectivity index (χ2n) is 2.42. The molecule has 3 aromatic rings. The molecular formula is C4H6N11NaO2. The molecule has 0 radical (unpaired) electrons. The molecule has 0 aliphatic rings. The van der Waals surface area contributed by atoms with Crippen molar-refractivity contribution in [3.05, 3.63) is 12.7 Å². The molecule has 90 valence electrons. The van der Waals surface area contributed by atoms with Gasteiger partial charge in [-0.1, -0.05) is 10.4 Å². The minimum absolute atomic E-state index is 0. The maximum Gasteiger partial charge on any atom is 1.00 e. The van der Waals surface area contributed by atoms with Crippen LogP contribution in [0.2, 0.25) is 0 Å². The van der Waals surface area contributed by atoms with Crippen LogP contribution in [0.3, 0.4) is 0 Å². The Morgan fingerprint density at radius 1 is 0.833 bits per heavy atom. The van der Waals surface area contributed by atoms with E-state index in [1.54, 1.807) is 0 Å². The van der Waals surface area contributed by atoms with Gasteiger partial charge in [0.05, 0.1) is 0 Å². The number of tetrazole rings is 2. The van der Waals surface area contributed by atoms with E-state index < -0.39 is 0 Å². The fraction of sp³-hybridized carbons (Fsp3) is 0. The summed E-state index contributed by atoms with van der Waals surface area (Å²) in [5.74, 6) is 0.510. The summed E-state index contributed by atoms with van der Waals surface area (Å²) < 4.78 is 2.56. The molecule has 3 heterocycles. The van der Waals surface area contributed by atoms with Gasteiger partial charge in [0.1, 0.15) is 24.6 Å². The van der Waals surface area contributed by atoms with E-state index in [9.17, 15) is 0 Å². The van der Waals surface area contributed by atoms with Crippen LogP contribution in [0.5, 0.6) is 0 Å². The molecule has 0 aromatic carbocycles. The number of aromatic nitrogens is 11. The van der Waals surface area contributed by atoms with Crippen molar-refractivity contribution >= 4 is 0 Å². The maximum atomic E-state index is 4.01. The summed E-state index contributed by atoms with van der Waals surface area (Å²) in [4.78, 5) is 4.01. The van der Waals surface area contributed by atoms with Crippen molar-refractivity contribution in [2.24, 2.45) is 0 Å². The summed E-state index contributed by atoms with van der Waals surface area (Å²) >= 11 is 0. The van der Waals surface area contributed by atoms with Crippen molar-refractivity contribution in [2.75, 3.05) is 0 Å². The largest absolute Gasteiger partial charge is 1.00 e. The Bertz CT molecular complexity index is 497. The second kappa shape index (κ2) is 6.82. The van der Waals surface area contributed by atoms with Gasteiger partial charge in [0.25, 0.3) is 0 Å². The maximum absolute atomic E-state index is 4.01. The summed E-state index contributed by atoms with van der Waals surface area (Å²) in [7, 11) is 0. The van der Waals surface area contributed by atoms with E-state index in [1.165, 1.54) is 22.0 Å². The van der Waals surface area contributed by atoms with Crippen molar-refractivity contribution in [1.82, 2.24) is 55.6 Å². The van der Waals surface area contributed by atoms with E-state index in [-0.39, 0.29) is 52.4 Å². The Kier molecular flexibility index (Phi) is 6.14. The number of hydrogen-bond acceptors (Lipinski definition) is 8. The Morgan fingerprint density at radius 2 is 1.28 bits per heavy atom. The normalized spacial score (nSPS) is 8.89. The van der Waals surface area contributed by atoms with Gasteiger partial charge < -0.3 is 11.0 Å². The SMILES string of the molecule is O.O.[Na+].c1nnnn1-c1nnc(-n2cnnn2)[n-]1. The predicted molar refractivity (Wildman–Crippen MR) is 48.0 cm³/mol. The first kappa shape index (κ1) is 16.2. The average molecular weight is 263 g/mol. The molecule has 0 bridgehead atoms. The average Bonchev–Trinajstić information content (AvgIpc) is 3.02. The molecule has 0 aliphatic carbocycles. The first-order valence-electron chi connectivity index (χ1n) is 3.77. The molecule has 3 aromatic heterocycles. The third-order valence-electron chi connectivity index (χ3n) is 1.54. The fourth-order valence-electron chi connectivity index (χ4n) is 0.924. The topological polar surface area (TPSA) is 190 Å². The van der Waals surface area contributed by atoms with E-state index in [0.717, 1.165) is 0 Å². The van der Waals surface area contributed by atoms with Gasteiger partial charge in [-0.3, -0.25) is 4.98 Å². The summed E-state index contributed by atoms with van der Waals surface area (Å²) in [6.45, 7) is 0. The molecule has 0 spiro atoms. The van der Waals surface area contributed by atoms with Gasteiger partial charge in [-0.25, -0.2) is 19.6 Å². The zero-order valence-electron chi connectivity index (χ0n) is 9.07. The summed E-state index contributed by atoms with van der Waals surface area (Å²) in [6, 6.07) is 0. The van der Waals surface area contributed by atoms with E-state index in [1.807, 2.05) is 0 Å². The Balaban J connectivity index is 0.000000963. The Hall–Kier alpha value is -1.80. The number of rotatable bonds is 2. The molecule has 0 unspecified atom stereocenters. The van der Waals surface area contributed by atoms with Gasteiger partial charge in [0.15, 0.2) is 0 Å². The van der Waals surface area contributed by atoms with Crippen molar-refractivity contribution in [2.45, 2.75) is 0 Å². The fourth-order valence-corrected chi connectivity index (χ4v) is 0.924. The number of hydrogen-bond donors (Lipinski definition) is 0. The summed E-state index contributed by atoms with van der Waals surface area (Å²) in [6.07, 6.45) is 2.72. The van der Waals surface area contributed by atoms with Crippen LogP contribution >= 0.6 is 0 Å². The zero-order valence-corrected chi connectivity index (χ0v) is 11.1. The molecule has 18 heavy (non-hydrogen) atoms. The van der Waals surface area contributed by atoms with Gasteiger partial charge in [-0.15, -0.1) is 10.2 Å². The quantitative estimate of drug-likeness (QED) is 0.404. The molecule has 0 amide bonds. The van der Waals surface area contributed by atoms with Crippen molar-refractivity contribution in [3.63, 3.8) is 0 Å². The van der Waals surface area contributed by atoms with Crippen LogP contribution in [-0.4, -0.2) is 61.6 Å². The molecule has 0 aliphatic heterocycles. The van der Waals surface area contributed by atoms with Crippen LogP contribution in [0, 0.1) is 0 Å². The predicted octanol–water partition coefficient (Wildman–Crippen LogP) is -7.26. The molecule has 0 fully saturated rings. The van der Waals surface area contributed by atoms with E-state index in [2.05, 4.69) is 46.2 Å². The van der Waals surface area contributed by atoms with Crippen molar-refractivity contribution < 1.29 is 40.5 Å². The Labute approximate surface area is 121 Å². The van der Waals surface area contributed by atoms with Crippen molar-refractivity contribution in [1.29, 1.82) is 0 Å². The van der Waals surface area contributed by atoms with Gasteiger partial charge in [-0.2, -0.15) is 0 Å². The third kappa shape index (κ3) is 2.90. The van der Waals surface area contributed by atoms with Crippen LogP contribution in [-0.2, 0) is 0 Å². The number of nitrogens with zero attached hydrogens (tertiary/aromatic N) is 11. The van der Waals surface area contributed by atoms with Crippen LogP contribution in [0.15, 0.2) is 12.7 Å². The molecular weight excluding hydrogens is 257 g/mol. The third-order valence-corrected chi connectivity index (χ3v) is 1.54. The molecule has 14 heteroatoms. The van der Waals surface area contributed by atoms with E-state index in [0.29, 0.717) is 0 Å². The van der Waals surface area contributed by atoms with Crippen molar-refractivity contribution in [3.8, 4) is 11.9 Å². The van der Waals surface area contributed by atoms with Gasteiger partial charge in [-0.05, 0) is 10.4 Å². The zero-order chi connectivity index (χ0) is 10.1. The summed E-state index contributed by atoms with van der Waals surface area (Å²) in [5, 5.41) is 28.5. The first-order chi connectivity index (χ1) is 7.43. The van der Waals surface area contributed by atoms with Crippen LogP contribution in [0.4, 0.5) is 0 Å². The molecule has 13 nitrogen and oxygen atoms in total.